The zero-order valence-corrected chi connectivity index (χ0v) is 37.9. The molecule has 3 N–H and O–H groups in total. The molecule has 1 aromatic carbocycles. The molecule has 1 aliphatic carbocycles. The summed E-state index contributed by atoms with van der Waals surface area (Å²) >= 11 is 5.78. The van der Waals surface area contributed by atoms with Crippen LogP contribution in [0.25, 0.3) is 28.1 Å². The molecule has 2 fully saturated rings. The van der Waals surface area contributed by atoms with Crippen LogP contribution in [0.2, 0.25) is 18.1 Å². The summed E-state index contributed by atoms with van der Waals surface area (Å²) in [4.78, 5) is 58.9. The minimum atomic E-state index is -3.94. The smallest absolute Gasteiger partial charge is 0.325 e. The third-order valence-corrected chi connectivity index (χ3v) is 18.9. The lowest BCUT2D eigenvalue weighted by molar-refractivity contribution is -0.384. The van der Waals surface area contributed by atoms with E-state index >= 15 is 0 Å². The highest BCUT2D eigenvalue weighted by molar-refractivity contribution is 8.07. The number of rotatable bonds is 15. The van der Waals surface area contributed by atoms with E-state index in [0.29, 0.717) is 42.1 Å². The second-order valence-electron chi connectivity index (χ2n) is 17.4. The van der Waals surface area contributed by atoms with Crippen molar-refractivity contribution in [2.24, 2.45) is 11.8 Å². The van der Waals surface area contributed by atoms with Gasteiger partial charge in [-0.2, -0.15) is 4.98 Å². The van der Waals surface area contributed by atoms with Gasteiger partial charge in [-0.05, 0) is 66.6 Å². The van der Waals surface area contributed by atoms with Crippen molar-refractivity contribution >= 4 is 66.5 Å². The molecule has 6 aromatic rings. The molecule has 2 aliphatic rings. The molecule has 8 atom stereocenters. The summed E-state index contributed by atoms with van der Waals surface area (Å²) in [5.41, 5.74) is 8.22. The predicted molar refractivity (Wildman–Crippen MR) is 234 cm³/mol. The normalized spacial score (nSPS) is 24.4. The maximum atomic E-state index is 13.9. The van der Waals surface area contributed by atoms with E-state index in [-0.39, 0.29) is 51.9 Å². The van der Waals surface area contributed by atoms with E-state index in [4.69, 9.17) is 40.7 Å². The molecule has 326 valence electrons. The van der Waals surface area contributed by atoms with Gasteiger partial charge in [-0.25, -0.2) is 24.3 Å². The highest BCUT2D eigenvalue weighted by Gasteiger charge is 2.53. The molecule has 8 rings (SSSR count). The van der Waals surface area contributed by atoms with Gasteiger partial charge in [-0.15, -0.1) is 0 Å². The minimum absolute atomic E-state index is 0.0147. The number of hydrogen-bond acceptors (Lipinski definition) is 14. The molecule has 0 amide bonds. The summed E-state index contributed by atoms with van der Waals surface area (Å²) in [7, 11) is -2.47. The van der Waals surface area contributed by atoms with Crippen molar-refractivity contribution in [1.82, 2.24) is 43.0 Å². The molecule has 1 aliphatic heterocycles. The Hall–Kier alpha value is -4.47. The van der Waals surface area contributed by atoms with Crippen molar-refractivity contribution in [2.45, 2.75) is 116 Å². The Bertz CT molecular complexity index is 2700. The van der Waals surface area contributed by atoms with Crippen LogP contribution < -0.4 is 11.3 Å². The molecule has 1 saturated heterocycles. The van der Waals surface area contributed by atoms with E-state index in [1.165, 1.54) is 29.2 Å². The van der Waals surface area contributed by atoms with Crippen molar-refractivity contribution in [3.8, 4) is 0 Å². The quantitative estimate of drug-likeness (QED) is 0.0498. The zero-order chi connectivity index (χ0) is 43.6. The van der Waals surface area contributed by atoms with Crippen LogP contribution in [0.5, 0.6) is 0 Å². The van der Waals surface area contributed by atoms with Crippen LogP contribution in [0.4, 0.5) is 11.5 Å². The van der Waals surface area contributed by atoms with Crippen molar-refractivity contribution in [3.05, 3.63) is 81.7 Å². The van der Waals surface area contributed by atoms with Crippen molar-refractivity contribution in [2.75, 3.05) is 12.3 Å². The summed E-state index contributed by atoms with van der Waals surface area (Å²) in [6, 6.07) is 6.48. The Kier molecular flexibility index (Phi) is 11.6. The Balaban J connectivity index is 1.07. The summed E-state index contributed by atoms with van der Waals surface area (Å²) in [5, 5.41) is 11.0. The fourth-order valence-electron chi connectivity index (χ4n) is 8.33. The molecular weight excluding hydrogens is 842 g/mol. The SMILES string of the molecule is CC[C@@H]1[C@@H](COP(O)(=S)O[C@@H]2[C@H](O[Si](C)(C)C(C)(C)C)[C@@H](CC)O[C@H]2n2cnc3c(=O)n4ccn(CCc5ccc([N+](=O)[O-])cc5)c4nc32)C[C@H]1n1cnc2c(N)ncnc21. The van der Waals surface area contributed by atoms with Gasteiger partial charge in [0, 0.05) is 37.1 Å². The predicted octanol–water partition coefficient (Wildman–Crippen LogP) is 6.32. The first-order valence-electron chi connectivity index (χ1n) is 20.5. The molecule has 1 saturated carbocycles. The number of nitrogens with zero attached hydrogens (tertiary/aromatic N) is 10. The van der Waals surface area contributed by atoms with E-state index < -0.39 is 44.5 Å². The number of aromatic nitrogens is 9. The van der Waals surface area contributed by atoms with Gasteiger partial charge in [0.1, 0.15) is 24.1 Å². The van der Waals surface area contributed by atoms with E-state index in [9.17, 15) is 19.8 Å². The highest BCUT2D eigenvalue weighted by Crippen LogP contribution is 2.54. The number of ether oxygens (including phenoxy) is 1. The summed E-state index contributed by atoms with van der Waals surface area (Å²) < 4.78 is 33.5. The fraction of sp³-hybridized carbons (Fsp3) is 0.538. The molecule has 1 unspecified atom stereocenters. The maximum absolute atomic E-state index is 13.9. The number of fused-ring (bicyclic) bond motifs is 3. The van der Waals surface area contributed by atoms with Gasteiger partial charge in [0.25, 0.3) is 11.2 Å². The van der Waals surface area contributed by atoms with Crippen LogP contribution in [0.3, 0.4) is 0 Å². The summed E-state index contributed by atoms with van der Waals surface area (Å²) in [6.07, 6.45) is 7.77. The van der Waals surface area contributed by atoms with Crippen molar-refractivity contribution in [3.63, 3.8) is 0 Å². The Morgan fingerprint density at radius 3 is 2.44 bits per heavy atom. The van der Waals surface area contributed by atoms with Gasteiger partial charge in [0.15, 0.2) is 37.2 Å². The molecule has 5 aromatic heterocycles. The lowest BCUT2D eigenvalue weighted by Crippen LogP contribution is -2.49. The number of anilines is 1. The van der Waals surface area contributed by atoms with Crippen molar-refractivity contribution in [1.29, 1.82) is 0 Å². The molecule has 6 heterocycles. The van der Waals surface area contributed by atoms with E-state index in [1.54, 1.807) is 35.4 Å². The number of nitro groups is 1. The topological polar surface area (TPSA) is 227 Å². The molecule has 19 nitrogen and oxygen atoms in total. The van der Waals surface area contributed by atoms with E-state index in [0.717, 1.165) is 18.4 Å². The molecule has 0 spiro atoms. The first-order chi connectivity index (χ1) is 28.9. The van der Waals surface area contributed by atoms with Crippen LogP contribution in [0.15, 0.2) is 60.4 Å². The van der Waals surface area contributed by atoms with Gasteiger partial charge >= 0.3 is 6.72 Å². The number of aryl methyl sites for hydroxylation is 2. The Morgan fingerprint density at radius 2 is 1.75 bits per heavy atom. The number of non-ortho nitro benzene ring substituents is 1. The Morgan fingerprint density at radius 1 is 1.03 bits per heavy atom. The Labute approximate surface area is 357 Å². The number of imidazole rings is 3. The van der Waals surface area contributed by atoms with Crippen LogP contribution in [0, 0.1) is 22.0 Å². The van der Waals surface area contributed by atoms with Gasteiger partial charge in [-0.3, -0.25) is 24.0 Å². The van der Waals surface area contributed by atoms with Crippen LogP contribution in [-0.4, -0.2) is 86.1 Å². The number of nitrogen functional groups attached to an aromatic ring is 1. The lowest BCUT2D eigenvalue weighted by Gasteiger charge is -2.45. The number of nitro benzene ring substituents is 1. The first kappa shape index (κ1) is 43.2. The van der Waals surface area contributed by atoms with E-state index in [1.807, 2.05) is 16.1 Å². The average molecular weight is 894 g/mol. The second-order valence-corrected chi connectivity index (χ2v) is 25.0. The fourth-order valence-corrected chi connectivity index (χ4v) is 11.1. The van der Waals surface area contributed by atoms with Crippen LogP contribution >= 0.6 is 6.72 Å². The largest absolute Gasteiger partial charge is 0.408 e. The first-order valence-corrected chi connectivity index (χ1v) is 26.0. The van der Waals surface area contributed by atoms with Crippen LogP contribution in [0.1, 0.15) is 71.7 Å². The van der Waals surface area contributed by atoms with Gasteiger partial charge in [-0.1, -0.05) is 53.2 Å². The monoisotopic (exact) mass is 893 g/mol. The number of hydrogen-bond donors (Lipinski definition) is 2. The van der Waals surface area contributed by atoms with E-state index in [2.05, 4.69) is 60.7 Å². The molecule has 0 radical (unpaired) electrons. The zero-order valence-electron chi connectivity index (χ0n) is 35.2. The van der Waals surface area contributed by atoms with Gasteiger partial charge < -0.3 is 33.4 Å². The molecule has 0 bridgehead atoms. The minimum Gasteiger partial charge on any atom is -0.408 e. The third-order valence-electron chi connectivity index (χ3n) is 12.8. The second kappa shape index (κ2) is 16.3. The molecular formula is C39H52N11O8PSSi. The maximum Gasteiger partial charge on any atom is 0.325 e. The molecule has 61 heavy (non-hydrogen) atoms. The standard InChI is InChI=1S/C39H52N11O8PSSi/c1-8-26-24(18-27(26)48-21-43-29-33(40)41-20-42-34(29)48)19-55-59(54,60)57-32-31(58-61(6,7)39(3,4)5)28(9-2)56-37(32)49-22-44-30-35(49)45-38-46(16-17-47(38)36(30)51)15-14-23-10-12-25(13-11-23)50(52)53/h10-13,16-17,20-22,24,26-28,31-32,37H,8-9,14-15,18-19H2,1-7H3,(H,54,60)(H2,40,41,42)/t24-,26-,27-,28-,31-,32-,37-,59?/m1/s1. The number of nitrogens with two attached hydrogens (primary N) is 1. The summed E-state index contributed by atoms with van der Waals surface area (Å²) in [5.74, 6) is 0.975. The van der Waals surface area contributed by atoms with Crippen LogP contribution in [-0.2, 0) is 43.0 Å². The summed E-state index contributed by atoms with van der Waals surface area (Å²) in [6.45, 7) is 11.5. The lowest BCUT2D eigenvalue weighted by atomic mass is 9.68. The van der Waals surface area contributed by atoms with Crippen molar-refractivity contribution < 1.29 is 28.0 Å². The van der Waals surface area contributed by atoms with Gasteiger partial charge in [0.2, 0.25) is 5.78 Å². The molecule has 22 heteroatoms. The third kappa shape index (κ3) is 8.06. The van der Waals surface area contributed by atoms with Gasteiger partial charge in [0.05, 0.1) is 30.3 Å². The number of benzene rings is 1. The highest BCUT2D eigenvalue weighted by atomic mass is 32.5. The average Bonchev–Trinajstić information content (AvgIpc) is 3.99.